The Labute approximate surface area is 86.7 Å². The van der Waals surface area contributed by atoms with Gasteiger partial charge in [0, 0.05) is 15.6 Å². The van der Waals surface area contributed by atoms with Crippen molar-refractivity contribution in [1.82, 2.24) is 0 Å². The SMILES string of the molecule is O=C1C(Br)=C(Br)c2ccccc21. The highest BCUT2D eigenvalue weighted by Gasteiger charge is 2.25. The molecule has 1 aliphatic carbocycles. The molecule has 1 aromatic carbocycles. The molecule has 1 aromatic rings. The number of ketones is 1. The van der Waals surface area contributed by atoms with Gasteiger partial charge in [-0.15, -0.1) is 0 Å². The van der Waals surface area contributed by atoms with Gasteiger partial charge in [0.05, 0.1) is 4.48 Å². The first-order valence-electron chi connectivity index (χ1n) is 3.41. The lowest BCUT2D eigenvalue weighted by Crippen LogP contribution is -1.92. The van der Waals surface area contributed by atoms with E-state index >= 15 is 0 Å². The molecule has 0 saturated carbocycles. The van der Waals surface area contributed by atoms with Crippen molar-refractivity contribution in [1.29, 1.82) is 0 Å². The second-order valence-electron chi connectivity index (χ2n) is 2.50. The summed E-state index contributed by atoms with van der Waals surface area (Å²) >= 11 is 6.59. The van der Waals surface area contributed by atoms with E-state index in [0.717, 1.165) is 15.6 Å². The van der Waals surface area contributed by atoms with E-state index in [1.807, 2.05) is 24.3 Å². The van der Waals surface area contributed by atoms with Gasteiger partial charge in [0.1, 0.15) is 0 Å². The standard InChI is InChI=1S/C9H4Br2O/c10-7-5-3-1-2-4-6(5)9(12)8(7)11/h1-4H. The van der Waals surface area contributed by atoms with Gasteiger partial charge in [-0.25, -0.2) is 0 Å². The third kappa shape index (κ3) is 1.00. The maximum atomic E-state index is 11.5. The largest absolute Gasteiger partial charge is 0.288 e. The monoisotopic (exact) mass is 286 g/mol. The Hall–Kier alpha value is -0.410. The fourth-order valence-electron chi connectivity index (χ4n) is 1.21. The Morgan fingerprint density at radius 3 is 2.08 bits per heavy atom. The number of Topliss-reactive ketones (excluding diaryl/α,β-unsaturated/α-hetero) is 1. The van der Waals surface area contributed by atoms with Crippen molar-refractivity contribution in [3.8, 4) is 0 Å². The van der Waals surface area contributed by atoms with Gasteiger partial charge < -0.3 is 0 Å². The number of hydrogen-bond donors (Lipinski definition) is 0. The van der Waals surface area contributed by atoms with Crippen LogP contribution in [-0.2, 0) is 0 Å². The van der Waals surface area contributed by atoms with Crippen molar-refractivity contribution in [2.45, 2.75) is 0 Å². The highest BCUT2D eigenvalue weighted by Crippen LogP contribution is 2.39. The molecular formula is C9H4Br2O. The van der Waals surface area contributed by atoms with Gasteiger partial charge in [-0.3, -0.25) is 4.79 Å². The molecule has 3 heteroatoms. The first kappa shape index (κ1) is 8.20. The Morgan fingerprint density at radius 2 is 1.50 bits per heavy atom. The molecule has 0 aliphatic heterocycles. The van der Waals surface area contributed by atoms with Crippen LogP contribution in [0.2, 0.25) is 0 Å². The minimum Gasteiger partial charge on any atom is -0.288 e. The molecule has 0 radical (unpaired) electrons. The molecule has 0 bridgehead atoms. The minimum atomic E-state index is 0.0532. The van der Waals surface area contributed by atoms with E-state index in [4.69, 9.17) is 0 Å². The van der Waals surface area contributed by atoms with Crippen molar-refractivity contribution in [2.75, 3.05) is 0 Å². The van der Waals surface area contributed by atoms with Crippen molar-refractivity contribution < 1.29 is 4.79 Å². The van der Waals surface area contributed by atoms with Crippen molar-refractivity contribution >= 4 is 42.1 Å². The van der Waals surface area contributed by atoms with E-state index in [1.165, 1.54) is 0 Å². The van der Waals surface area contributed by atoms with Gasteiger partial charge in [0.15, 0.2) is 0 Å². The van der Waals surface area contributed by atoms with Crippen LogP contribution in [0.4, 0.5) is 0 Å². The van der Waals surface area contributed by atoms with Crippen LogP contribution in [0.3, 0.4) is 0 Å². The molecule has 12 heavy (non-hydrogen) atoms. The third-order valence-electron chi connectivity index (χ3n) is 1.80. The van der Waals surface area contributed by atoms with Crippen LogP contribution < -0.4 is 0 Å². The normalized spacial score (nSPS) is 15.3. The van der Waals surface area contributed by atoms with Gasteiger partial charge in [-0.1, -0.05) is 24.3 Å². The summed E-state index contributed by atoms with van der Waals surface area (Å²) in [6.07, 6.45) is 0. The van der Waals surface area contributed by atoms with Gasteiger partial charge in [-0.05, 0) is 31.9 Å². The Kier molecular flexibility index (Phi) is 1.93. The summed E-state index contributed by atoms with van der Waals surface area (Å²) in [6, 6.07) is 7.53. The Morgan fingerprint density at radius 1 is 0.917 bits per heavy atom. The second kappa shape index (κ2) is 2.82. The van der Waals surface area contributed by atoms with Crippen LogP contribution in [0.5, 0.6) is 0 Å². The van der Waals surface area contributed by atoms with E-state index in [9.17, 15) is 4.79 Å². The van der Waals surface area contributed by atoms with Crippen molar-refractivity contribution in [2.24, 2.45) is 0 Å². The van der Waals surface area contributed by atoms with E-state index in [1.54, 1.807) is 0 Å². The molecule has 2 rings (SSSR count). The Balaban J connectivity index is 2.73. The molecular weight excluding hydrogens is 284 g/mol. The molecule has 0 fully saturated rings. The first-order valence-corrected chi connectivity index (χ1v) is 5.00. The summed E-state index contributed by atoms with van der Waals surface area (Å²) in [5, 5.41) is 0. The predicted octanol–water partition coefficient (Wildman–Crippen LogP) is 3.34. The van der Waals surface area contributed by atoms with Gasteiger partial charge in [-0.2, -0.15) is 0 Å². The van der Waals surface area contributed by atoms with Crippen LogP contribution in [0.15, 0.2) is 28.7 Å². The molecule has 0 N–H and O–H groups in total. The van der Waals surface area contributed by atoms with Crippen molar-refractivity contribution in [3.05, 3.63) is 39.9 Å². The summed E-state index contributed by atoms with van der Waals surface area (Å²) in [7, 11) is 0. The highest BCUT2D eigenvalue weighted by atomic mass is 79.9. The number of carbonyl (C=O) groups excluding carboxylic acids is 1. The summed E-state index contributed by atoms with van der Waals surface area (Å²) in [6.45, 7) is 0. The topological polar surface area (TPSA) is 17.1 Å². The summed E-state index contributed by atoms with van der Waals surface area (Å²) in [4.78, 5) is 11.5. The number of halogens is 2. The van der Waals surface area contributed by atoms with Crippen LogP contribution in [0.25, 0.3) is 4.48 Å². The number of hydrogen-bond acceptors (Lipinski definition) is 1. The smallest absolute Gasteiger partial charge is 0.201 e. The van der Waals surface area contributed by atoms with E-state index < -0.39 is 0 Å². The Bertz CT molecular complexity index is 393. The molecule has 0 spiro atoms. The summed E-state index contributed by atoms with van der Waals surface area (Å²) < 4.78 is 1.46. The molecule has 0 heterocycles. The lowest BCUT2D eigenvalue weighted by atomic mass is 10.1. The van der Waals surface area contributed by atoms with Crippen LogP contribution >= 0.6 is 31.9 Å². The lowest BCUT2D eigenvalue weighted by Gasteiger charge is -1.94. The molecule has 0 amide bonds. The molecule has 0 atom stereocenters. The van der Waals surface area contributed by atoms with Crippen LogP contribution in [0.1, 0.15) is 15.9 Å². The van der Waals surface area contributed by atoms with Crippen molar-refractivity contribution in [3.63, 3.8) is 0 Å². The average Bonchev–Trinajstić information content (AvgIpc) is 2.33. The fourth-order valence-corrected chi connectivity index (χ4v) is 2.16. The first-order chi connectivity index (χ1) is 5.72. The lowest BCUT2D eigenvalue weighted by molar-refractivity contribution is 0.104. The quantitative estimate of drug-likeness (QED) is 0.715. The highest BCUT2D eigenvalue weighted by molar-refractivity contribution is 9.16. The number of carbonyl (C=O) groups is 1. The molecule has 60 valence electrons. The number of allylic oxidation sites excluding steroid dienone is 1. The van der Waals surface area contributed by atoms with Gasteiger partial charge in [0.25, 0.3) is 0 Å². The maximum Gasteiger partial charge on any atom is 0.201 e. The molecule has 0 unspecified atom stereocenters. The average molecular weight is 288 g/mol. The summed E-state index contributed by atoms with van der Waals surface area (Å²) in [5.41, 5.74) is 1.73. The fraction of sp³-hybridized carbons (Fsp3) is 0. The van der Waals surface area contributed by atoms with E-state index in [-0.39, 0.29) is 5.78 Å². The summed E-state index contributed by atoms with van der Waals surface area (Å²) in [5.74, 6) is 0.0532. The van der Waals surface area contributed by atoms with Crippen LogP contribution in [-0.4, -0.2) is 5.78 Å². The molecule has 1 aliphatic rings. The predicted molar refractivity (Wildman–Crippen MR) is 55.5 cm³/mol. The zero-order valence-corrected chi connectivity index (χ0v) is 9.15. The number of rotatable bonds is 0. The van der Waals surface area contributed by atoms with Crippen LogP contribution in [0, 0.1) is 0 Å². The van der Waals surface area contributed by atoms with E-state index in [0.29, 0.717) is 4.48 Å². The number of fused-ring (bicyclic) bond motifs is 1. The molecule has 0 aromatic heterocycles. The molecule has 1 nitrogen and oxygen atoms in total. The zero-order chi connectivity index (χ0) is 8.72. The minimum absolute atomic E-state index is 0.0532. The molecule has 0 saturated heterocycles. The van der Waals surface area contributed by atoms with Gasteiger partial charge in [0.2, 0.25) is 5.78 Å². The van der Waals surface area contributed by atoms with Gasteiger partial charge >= 0.3 is 0 Å². The second-order valence-corrected chi connectivity index (χ2v) is 4.09. The van der Waals surface area contributed by atoms with E-state index in [2.05, 4.69) is 31.9 Å². The maximum absolute atomic E-state index is 11.5. The zero-order valence-electron chi connectivity index (χ0n) is 5.97. The number of benzene rings is 1. The third-order valence-corrected chi connectivity index (χ3v) is 3.91.